The van der Waals surface area contributed by atoms with Crippen molar-refractivity contribution in [1.29, 1.82) is 5.26 Å². The van der Waals surface area contributed by atoms with Gasteiger partial charge in [0.25, 0.3) is 0 Å². The summed E-state index contributed by atoms with van der Waals surface area (Å²) in [6, 6.07) is 7.60. The summed E-state index contributed by atoms with van der Waals surface area (Å²) < 4.78 is 0. The van der Waals surface area contributed by atoms with E-state index in [-0.39, 0.29) is 6.04 Å². The van der Waals surface area contributed by atoms with Crippen molar-refractivity contribution in [3.63, 3.8) is 0 Å². The zero-order valence-electron chi connectivity index (χ0n) is 9.13. The molecule has 0 aliphatic heterocycles. The monoisotopic (exact) mass is 232 g/mol. The molecular weight excluding hydrogens is 220 g/mol. The zero-order valence-corrected chi connectivity index (χ0v) is 9.88. The Kier molecular flexibility index (Phi) is 4.86. The molecule has 1 aromatic rings. The molecule has 1 aromatic carbocycles. The highest BCUT2D eigenvalue weighted by Gasteiger charge is 2.04. The van der Waals surface area contributed by atoms with Crippen LogP contribution in [0.4, 0.5) is 0 Å². The van der Waals surface area contributed by atoms with Gasteiger partial charge < -0.3 is 5.32 Å². The molecule has 0 heterocycles. The number of benzene rings is 1. The van der Waals surface area contributed by atoms with E-state index in [9.17, 15) is 0 Å². The summed E-state index contributed by atoms with van der Waals surface area (Å²) in [5.74, 6) is 2.60. The van der Waals surface area contributed by atoms with Crippen molar-refractivity contribution in [1.82, 2.24) is 5.32 Å². The van der Waals surface area contributed by atoms with Crippen molar-refractivity contribution in [2.75, 3.05) is 0 Å². The highest BCUT2D eigenvalue weighted by atomic mass is 35.5. The smallest absolute Gasteiger partial charge is 0.0992 e. The van der Waals surface area contributed by atoms with E-state index in [2.05, 4.69) is 11.2 Å². The van der Waals surface area contributed by atoms with E-state index < -0.39 is 0 Å². The molecule has 0 saturated carbocycles. The molecule has 0 aliphatic rings. The van der Waals surface area contributed by atoms with Gasteiger partial charge in [-0.1, -0.05) is 17.7 Å². The second kappa shape index (κ2) is 6.18. The Balaban J connectivity index is 2.62. The normalized spacial score (nSPS) is 11.5. The van der Waals surface area contributed by atoms with E-state index in [1.165, 1.54) is 0 Å². The Bertz CT molecular complexity index is 440. The number of halogens is 1. The first-order valence-corrected chi connectivity index (χ1v) is 5.40. The van der Waals surface area contributed by atoms with Crippen LogP contribution in [-0.4, -0.2) is 6.04 Å². The average molecular weight is 233 g/mol. The van der Waals surface area contributed by atoms with Crippen molar-refractivity contribution in [3.8, 4) is 18.4 Å². The molecule has 1 rings (SSSR count). The molecule has 0 fully saturated rings. The molecular formula is C13H13ClN2. The lowest BCUT2D eigenvalue weighted by Gasteiger charge is -2.11. The second-order valence-electron chi connectivity index (χ2n) is 3.61. The maximum Gasteiger partial charge on any atom is 0.0992 e. The lowest BCUT2D eigenvalue weighted by Crippen LogP contribution is -2.24. The summed E-state index contributed by atoms with van der Waals surface area (Å²) in [7, 11) is 0. The van der Waals surface area contributed by atoms with Crippen LogP contribution in [0.3, 0.4) is 0 Å². The third kappa shape index (κ3) is 3.59. The Morgan fingerprint density at radius 1 is 1.56 bits per heavy atom. The number of nitrogens with one attached hydrogen (secondary N) is 1. The third-order valence-electron chi connectivity index (χ3n) is 2.25. The molecule has 1 unspecified atom stereocenters. The SMILES string of the molecule is C#CCC(C)NCc1ccc(C#N)cc1Cl. The van der Waals surface area contributed by atoms with Crippen LogP contribution in [0.15, 0.2) is 18.2 Å². The molecule has 0 aromatic heterocycles. The topological polar surface area (TPSA) is 35.8 Å². The number of hydrogen-bond donors (Lipinski definition) is 1. The molecule has 0 spiro atoms. The molecule has 0 amide bonds. The minimum Gasteiger partial charge on any atom is -0.309 e. The summed E-state index contributed by atoms with van der Waals surface area (Å²) >= 11 is 6.04. The van der Waals surface area contributed by atoms with Crippen LogP contribution < -0.4 is 5.32 Å². The minimum absolute atomic E-state index is 0.261. The molecule has 1 N–H and O–H groups in total. The van der Waals surface area contributed by atoms with Crippen molar-refractivity contribution < 1.29 is 0 Å². The molecule has 0 radical (unpaired) electrons. The van der Waals surface area contributed by atoms with Gasteiger partial charge in [0.1, 0.15) is 0 Å². The summed E-state index contributed by atoms with van der Waals surface area (Å²) in [5, 5.41) is 12.6. The molecule has 16 heavy (non-hydrogen) atoms. The van der Waals surface area contributed by atoms with Crippen LogP contribution in [0.2, 0.25) is 5.02 Å². The number of terminal acetylenes is 1. The van der Waals surface area contributed by atoms with Gasteiger partial charge in [-0.3, -0.25) is 0 Å². The van der Waals surface area contributed by atoms with Gasteiger partial charge in [0.15, 0.2) is 0 Å². The van der Waals surface area contributed by atoms with Crippen LogP contribution in [0.1, 0.15) is 24.5 Å². The van der Waals surface area contributed by atoms with E-state index in [1.54, 1.807) is 12.1 Å². The zero-order chi connectivity index (χ0) is 12.0. The molecule has 0 bridgehead atoms. The molecule has 3 heteroatoms. The lowest BCUT2D eigenvalue weighted by atomic mass is 10.1. The van der Waals surface area contributed by atoms with Gasteiger partial charge in [-0.25, -0.2) is 0 Å². The maximum absolute atomic E-state index is 8.69. The number of nitrogens with zero attached hydrogens (tertiary/aromatic N) is 1. The third-order valence-corrected chi connectivity index (χ3v) is 2.60. The van der Waals surface area contributed by atoms with Crippen molar-refractivity contribution in [2.24, 2.45) is 0 Å². The van der Waals surface area contributed by atoms with Crippen molar-refractivity contribution >= 4 is 11.6 Å². The fraction of sp³-hybridized carbons (Fsp3) is 0.308. The largest absolute Gasteiger partial charge is 0.309 e. The van der Waals surface area contributed by atoms with Crippen LogP contribution in [0.5, 0.6) is 0 Å². The maximum atomic E-state index is 8.69. The van der Waals surface area contributed by atoms with E-state index in [0.29, 0.717) is 23.6 Å². The summed E-state index contributed by atoms with van der Waals surface area (Å²) in [4.78, 5) is 0. The van der Waals surface area contributed by atoms with Gasteiger partial charge in [-0.05, 0) is 24.6 Å². The predicted molar refractivity (Wildman–Crippen MR) is 65.9 cm³/mol. The first-order valence-electron chi connectivity index (χ1n) is 5.02. The van der Waals surface area contributed by atoms with Crippen LogP contribution in [0.25, 0.3) is 0 Å². The fourth-order valence-electron chi connectivity index (χ4n) is 1.29. The van der Waals surface area contributed by atoms with Crippen LogP contribution in [-0.2, 0) is 6.54 Å². The second-order valence-corrected chi connectivity index (χ2v) is 4.02. The van der Waals surface area contributed by atoms with Gasteiger partial charge in [0.2, 0.25) is 0 Å². The lowest BCUT2D eigenvalue weighted by molar-refractivity contribution is 0.559. The van der Waals surface area contributed by atoms with Crippen LogP contribution in [0, 0.1) is 23.7 Å². The fourth-order valence-corrected chi connectivity index (χ4v) is 1.54. The quantitative estimate of drug-likeness (QED) is 0.811. The summed E-state index contributed by atoms with van der Waals surface area (Å²) in [6.45, 7) is 2.69. The Labute approximate surface area is 101 Å². The number of hydrogen-bond acceptors (Lipinski definition) is 2. The Hall–Kier alpha value is -1.48. The highest BCUT2D eigenvalue weighted by Crippen LogP contribution is 2.17. The standard InChI is InChI=1S/C13H13ClN2/c1-3-4-10(2)16-9-12-6-5-11(8-15)7-13(12)14/h1,5-7,10,16H,4,9H2,2H3. The Morgan fingerprint density at radius 2 is 2.31 bits per heavy atom. The molecule has 0 saturated heterocycles. The molecule has 1 atom stereocenters. The minimum atomic E-state index is 0.261. The van der Waals surface area contributed by atoms with Gasteiger partial charge in [-0.2, -0.15) is 5.26 Å². The predicted octanol–water partition coefficient (Wildman–Crippen LogP) is 2.71. The van der Waals surface area contributed by atoms with E-state index in [1.807, 2.05) is 19.1 Å². The number of nitriles is 1. The number of rotatable bonds is 4. The van der Waals surface area contributed by atoms with E-state index in [4.69, 9.17) is 23.3 Å². The highest BCUT2D eigenvalue weighted by molar-refractivity contribution is 6.31. The van der Waals surface area contributed by atoms with E-state index >= 15 is 0 Å². The molecule has 82 valence electrons. The van der Waals surface area contributed by atoms with Gasteiger partial charge in [0.05, 0.1) is 11.6 Å². The summed E-state index contributed by atoms with van der Waals surface area (Å²) in [5.41, 5.74) is 1.55. The van der Waals surface area contributed by atoms with Gasteiger partial charge in [0, 0.05) is 24.0 Å². The van der Waals surface area contributed by atoms with Gasteiger partial charge in [-0.15, -0.1) is 12.3 Å². The molecule has 0 aliphatic carbocycles. The summed E-state index contributed by atoms with van der Waals surface area (Å²) in [6.07, 6.45) is 5.90. The molecule has 2 nitrogen and oxygen atoms in total. The Morgan fingerprint density at radius 3 is 2.88 bits per heavy atom. The van der Waals surface area contributed by atoms with E-state index in [0.717, 1.165) is 5.56 Å². The average Bonchev–Trinajstić information content (AvgIpc) is 2.27. The van der Waals surface area contributed by atoms with Gasteiger partial charge >= 0.3 is 0 Å². The first-order chi connectivity index (χ1) is 7.67. The van der Waals surface area contributed by atoms with Crippen molar-refractivity contribution in [3.05, 3.63) is 34.3 Å². The van der Waals surface area contributed by atoms with Crippen LogP contribution >= 0.6 is 11.6 Å². The van der Waals surface area contributed by atoms with Crippen molar-refractivity contribution in [2.45, 2.75) is 25.9 Å². The first kappa shape index (κ1) is 12.6.